The van der Waals surface area contributed by atoms with Crippen LogP contribution in [0.1, 0.15) is 36.6 Å². The van der Waals surface area contributed by atoms with Gasteiger partial charge in [-0.05, 0) is 50.6 Å². The Kier molecular flexibility index (Phi) is 5.20. The summed E-state index contributed by atoms with van der Waals surface area (Å²) >= 11 is 0. The summed E-state index contributed by atoms with van der Waals surface area (Å²) in [6.07, 6.45) is 0. The van der Waals surface area contributed by atoms with E-state index in [0.717, 1.165) is 41.3 Å². The average Bonchev–Trinajstić information content (AvgIpc) is 3.10. The van der Waals surface area contributed by atoms with Crippen molar-refractivity contribution in [3.8, 4) is 17.6 Å². The number of benzene rings is 2. The number of hydrogen-bond acceptors (Lipinski definition) is 5. The first kappa shape index (κ1) is 19.6. The van der Waals surface area contributed by atoms with E-state index in [1.807, 2.05) is 37.3 Å². The third kappa shape index (κ3) is 3.18. The highest BCUT2D eigenvalue weighted by Gasteiger charge is 2.36. The summed E-state index contributed by atoms with van der Waals surface area (Å²) < 4.78 is 7.67. The van der Waals surface area contributed by atoms with E-state index in [-0.39, 0.29) is 11.8 Å². The van der Waals surface area contributed by atoms with Gasteiger partial charge in [-0.1, -0.05) is 30.3 Å². The second-order valence-corrected chi connectivity index (χ2v) is 7.24. The standard InChI is InChI=1S/C24H25N5O/c1-4-28(5-2)18-13-11-17(12-14-18)22-20(15-25)23(26)30-24-21(22)16(3)27-29(24)19-9-7-6-8-10-19/h6-14,22H,4-5,26H2,1-3H3/t22-/m1/s1. The molecule has 0 bridgehead atoms. The zero-order valence-electron chi connectivity index (χ0n) is 17.5. The number of nitriles is 1. The van der Waals surface area contributed by atoms with Gasteiger partial charge in [0.1, 0.15) is 11.6 Å². The topological polar surface area (TPSA) is 80.1 Å². The van der Waals surface area contributed by atoms with E-state index >= 15 is 0 Å². The van der Waals surface area contributed by atoms with Gasteiger partial charge in [0.05, 0.1) is 22.9 Å². The van der Waals surface area contributed by atoms with Crippen LogP contribution in [-0.2, 0) is 0 Å². The molecule has 0 amide bonds. The predicted octanol–water partition coefficient (Wildman–Crippen LogP) is 4.25. The molecule has 0 aliphatic carbocycles. The van der Waals surface area contributed by atoms with Gasteiger partial charge in [0, 0.05) is 18.8 Å². The largest absolute Gasteiger partial charge is 0.422 e. The van der Waals surface area contributed by atoms with Gasteiger partial charge in [-0.3, -0.25) is 0 Å². The summed E-state index contributed by atoms with van der Waals surface area (Å²) in [7, 11) is 0. The molecule has 0 unspecified atom stereocenters. The Morgan fingerprint density at radius 2 is 1.77 bits per heavy atom. The number of ether oxygens (including phenoxy) is 1. The summed E-state index contributed by atoms with van der Waals surface area (Å²) in [5, 5.41) is 14.6. The molecule has 0 spiro atoms. The van der Waals surface area contributed by atoms with E-state index in [0.29, 0.717) is 11.5 Å². The first-order chi connectivity index (χ1) is 14.6. The number of aryl methyl sites for hydroxylation is 1. The minimum atomic E-state index is -0.318. The number of rotatable bonds is 5. The second kappa shape index (κ2) is 7.96. The van der Waals surface area contributed by atoms with E-state index in [1.165, 1.54) is 0 Å². The first-order valence-corrected chi connectivity index (χ1v) is 10.2. The van der Waals surface area contributed by atoms with Crippen LogP contribution in [-0.4, -0.2) is 22.9 Å². The van der Waals surface area contributed by atoms with Crippen molar-refractivity contribution in [3.05, 3.63) is 82.9 Å². The maximum absolute atomic E-state index is 9.85. The fourth-order valence-electron chi connectivity index (χ4n) is 4.06. The van der Waals surface area contributed by atoms with E-state index in [2.05, 4.69) is 49.1 Å². The monoisotopic (exact) mass is 399 g/mol. The third-order valence-corrected chi connectivity index (χ3v) is 5.59. The van der Waals surface area contributed by atoms with Crippen LogP contribution in [0, 0.1) is 18.3 Å². The van der Waals surface area contributed by atoms with Crippen LogP contribution in [0.25, 0.3) is 5.69 Å². The molecule has 1 aliphatic rings. The molecule has 6 heteroatoms. The molecule has 0 radical (unpaired) electrons. The zero-order valence-corrected chi connectivity index (χ0v) is 17.5. The molecule has 1 aliphatic heterocycles. The number of fused-ring (bicyclic) bond motifs is 1. The highest BCUT2D eigenvalue weighted by Crippen LogP contribution is 2.44. The summed E-state index contributed by atoms with van der Waals surface area (Å²) in [6, 6.07) is 20.4. The smallest absolute Gasteiger partial charge is 0.229 e. The van der Waals surface area contributed by atoms with Crippen LogP contribution >= 0.6 is 0 Å². The average molecular weight is 399 g/mol. The molecule has 1 aromatic heterocycles. The maximum Gasteiger partial charge on any atom is 0.229 e. The quantitative estimate of drug-likeness (QED) is 0.694. The fourth-order valence-corrected chi connectivity index (χ4v) is 4.06. The Labute approximate surface area is 176 Å². The molecule has 2 N–H and O–H groups in total. The lowest BCUT2D eigenvalue weighted by molar-refractivity contribution is 0.367. The highest BCUT2D eigenvalue weighted by molar-refractivity contribution is 5.59. The van der Waals surface area contributed by atoms with Gasteiger partial charge in [-0.2, -0.15) is 10.4 Å². The highest BCUT2D eigenvalue weighted by atomic mass is 16.5. The number of nitrogens with two attached hydrogens (primary N) is 1. The first-order valence-electron chi connectivity index (χ1n) is 10.2. The van der Waals surface area contributed by atoms with E-state index in [9.17, 15) is 5.26 Å². The van der Waals surface area contributed by atoms with Crippen LogP contribution in [0.5, 0.6) is 5.88 Å². The molecule has 3 aromatic rings. The lowest BCUT2D eigenvalue weighted by Crippen LogP contribution is -2.23. The van der Waals surface area contributed by atoms with Crippen LogP contribution in [0.4, 0.5) is 5.69 Å². The van der Waals surface area contributed by atoms with Gasteiger partial charge >= 0.3 is 0 Å². The summed E-state index contributed by atoms with van der Waals surface area (Å²) in [5.74, 6) is 0.370. The van der Waals surface area contributed by atoms with Crippen molar-refractivity contribution < 1.29 is 4.74 Å². The molecule has 2 heterocycles. The molecule has 1 atom stereocenters. The van der Waals surface area contributed by atoms with Crippen molar-refractivity contribution in [2.24, 2.45) is 5.73 Å². The van der Waals surface area contributed by atoms with Crippen LogP contribution in [0.2, 0.25) is 0 Å². The Bertz CT molecular complexity index is 1120. The molecular formula is C24H25N5O. The molecular weight excluding hydrogens is 374 g/mol. The van der Waals surface area contributed by atoms with Gasteiger partial charge < -0.3 is 15.4 Å². The van der Waals surface area contributed by atoms with Crippen LogP contribution in [0.3, 0.4) is 0 Å². The minimum Gasteiger partial charge on any atom is -0.422 e. The lowest BCUT2D eigenvalue weighted by atomic mass is 9.84. The van der Waals surface area contributed by atoms with Gasteiger partial charge in [-0.25, -0.2) is 4.68 Å². The van der Waals surface area contributed by atoms with E-state index < -0.39 is 0 Å². The molecule has 0 fully saturated rings. The Morgan fingerprint density at radius 3 is 2.37 bits per heavy atom. The predicted molar refractivity (Wildman–Crippen MR) is 118 cm³/mol. The molecule has 0 saturated carbocycles. The molecule has 4 rings (SSSR count). The Balaban J connectivity index is 1.85. The van der Waals surface area contributed by atoms with Gasteiger partial charge in [0.25, 0.3) is 0 Å². The van der Waals surface area contributed by atoms with Crippen molar-refractivity contribution in [2.45, 2.75) is 26.7 Å². The number of para-hydroxylation sites is 1. The number of allylic oxidation sites excluding steroid dienone is 1. The fraction of sp³-hybridized carbons (Fsp3) is 0.250. The number of anilines is 1. The molecule has 30 heavy (non-hydrogen) atoms. The van der Waals surface area contributed by atoms with E-state index in [1.54, 1.807) is 4.68 Å². The summed E-state index contributed by atoms with van der Waals surface area (Å²) in [4.78, 5) is 2.28. The molecule has 0 saturated heterocycles. The van der Waals surface area contributed by atoms with Crippen molar-refractivity contribution >= 4 is 5.69 Å². The summed E-state index contributed by atoms with van der Waals surface area (Å²) in [5.41, 5.74) is 11.3. The van der Waals surface area contributed by atoms with Crippen molar-refractivity contribution in [2.75, 3.05) is 18.0 Å². The van der Waals surface area contributed by atoms with Crippen molar-refractivity contribution in [3.63, 3.8) is 0 Å². The second-order valence-electron chi connectivity index (χ2n) is 7.24. The van der Waals surface area contributed by atoms with Gasteiger partial charge in [0.15, 0.2) is 0 Å². The zero-order chi connectivity index (χ0) is 21.3. The Hall–Kier alpha value is -3.72. The number of aromatic nitrogens is 2. The minimum absolute atomic E-state index is 0.125. The van der Waals surface area contributed by atoms with Gasteiger partial charge in [0.2, 0.25) is 11.8 Å². The van der Waals surface area contributed by atoms with Gasteiger partial charge in [-0.15, -0.1) is 0 Å². The van der Waals surface area contributed by atoms with Crippen molar-refractivity contribution in [1.29, 1.82) is 5.26 Å². The third-order valence-electron chi connectivity index (χ3n) is 5.59. The number of hydrogen-bond donors (Lipinski definition) is 1. The molecule has 152 valence electrons. The normalized spacial score (nSPS) is 15.3. The van der Waals surface area contributed by atoms with Crippen molar-refractivity contribution in [1.82, 2.24) is 9.78 Å². The molecule has 2 aromatic carbocycles. The molecule has 6 nitrogen and oxygen atoms in total. The van der Waals surface area contributed by atoms with Crippen LogP contribution in [0.15, 0.2) is 66.1 Å². The SMILES string of the molecule is CCN(CC)c1ccc([C@@H]2C(C#N)=C(N)Oc3c2c(C)nn3-c2ccccc2)cc1. The van der Waals surface area contributed by atoms with E-state index in [4.69, 9.17) is 15.6 Å². The summed E-state index contributed by atoms with van der Waals surface area (Å²) in [6.45, 7) is 8.10. The maximum atomic E-state index is 9.85. The number of nitrogens with zero attached hydrogens (tertiary/aromatic N) is 4. The van der Waals surface area contributed by atoms with Crippen LogP contribution < -0.4 is 15.4 Å². The lowest BCUT2D eigenvalue weighted by Gasteiger charge is -2.26. The Morgan fingerprint density at radius 1 is 1.10 bits per heavy atom.